The van der Waals surface area contributed by atoms with Gasteiger partial charge in [-0.1, -0.05) is 59.0 Å². The Hall–Kier alpha value is -2.45. The van der Waals surface area contributed by atoms with E-state index in [1.807, 2.05) is 36.4 Å². The molecule has 38 heavy (non-hydrogen) atoms. The zero-order chi connectivity index (χ0) is 26.3. The summed E-state index contributed by atoms with van der Waals surface area (Å²) < 4.78 is 7.39. The number of carbonyl (C=O) groups excluding carboxylic acids is 3. The quantitative estimate of drug-likeness (QED) is 0.449. The van der Waals surface area contributed by atoms with E-state index in [1.54, 1.807) is 4.90 Å². The van der Waals surface area contributed by atoms with Crippen LogP contribution in [0.5, 0.6) is 0 Å². The standard InChI is InChI=1S/C30H36BrN3O4/c31-20-11-13-22(14-12-20)32-27(35)24-23-15-17-30(38-23)25(24)29(37)34(18-16-19-7-3-1-4-8-19)26(30)28(36)33-21-9-5-2-6-10-21/h7,11-15,17,21,23-26H,1-6,8-10,16,18H2,(H,32,35)(H,33,36)/t23-,24?,25-,26?,30?/m0/s1. The fourth-order valence-electron chi connectivity index (χ4n) is 7.19. The van der Waals surface area contributed by atoms with Gasteiger partial charge in [-0.3, -0.25) is 14.4 Å². The van der Waals surface area contributed by atoms with E-state index in [-0.39, 0.29) is 23.8 Å². The zero-order valence-electron chi connectivity index (χ0n) is 21.7. The van der Waals surface area contributed by atoms with E-state index < -0.39 is 29.6 Å². The van der Waals surface area contributed by atoms with E-state index in [1.165, 1.54) is 24.8 Å². The molecule has 1 saturated carbocycles. The van der Waals surface area contributed by atoms with Crippen LogP contribution in [0, 0.1) is 11.8 Å². The average Bonchev–Trinajstić information content (AvgIpc) is 3.57. The fourth-order valence-corrected chi connectivity index (χ4v) is 7.45. The third-order valence-corrected chi connectivity index (χ3v) is 9.58. The molecule has 3 heterocycles. The summed E-state index contributed by atoms with van der Waals surface area (Å²) in [4.78, 5) is 43.3. The monoisotopic (exact) mass is 581 g/mol. The molecular weight excluding hydrogens is 546 g/mol. The second kappa shape index (κ2) is 10.6. The van der Waals surface area contributed by atoms with Gasteiger partial charge in [0.15, 0.2) is 0 Å². The Kier molecular flexibility index (Phi) is 7.20. The minimum atomic E-state index is -1.11. The molecule has 202 valence electrons. The second-order valence-electron chi connectivity index (χ2n) is 11.4. The third kappa shape index (κ3) is 4.64. The Balaban J connectivity index is 1.27. The minimum Gasteiger partial charge on any atom is -0.359 e. The molecule has 3 unspecified atom stereocenters. The minimum absolute atomic E-state index is 0.129. The maximum atomic E-state index is 14.1. The molecule has 1 spiro atoms. The van der Waals surface area contributed by atoms with Crippen molar-refractivity contribution in [2.45, 2.75) is 88.0 Å². The number of likely N-dealkylation sites (tertiary alicyclic amines) is 1. The summed E-state index contributed by atoms with van der Waals surface area (Å²) in [5.74, 6) is -1.93. The highest BCUT2D eigenvalue weighted by atomic mass is 79.9. The lowest BCUT2D eigenvalue weighted by Gasteiger charge is -2.34. The van der Waals surface area contributed by atoms with Crippen molar-refractivity contribution < 1.29 is 19.1 Å². The van der Waals surface area contributed by atoms with Crippen LogP contribution < -0.4 is 10.6 Å². The van der Waals surface area contributed by atoms with E-state index in [0.717, 1.165) is 49.4 Å². The van der Waals surface area contributed by atoms with Crippen molar-refractivity contribution in [2.75, 3.05) is 11.9 Å². The Labute approximate surface area is 232 Å². The van der Waals surface area contributed by atoms with Crippen LogP contribution in [-0.4, -0.2) is 53.0 Å². The molecule has 8 heteroatoms. The number of allylic oxidation sites excluding steroid dienone is 1. The Morgan fingerprint density at radius 1 is 1.05 bits per heavy atom. The van der Waals surface area contributed by atoms with Gasteiger partial charge >= 0.3 is 0 Å². The van der Waals surface area contributed by atoms with Gasteiger partial charge in [-0.25, -0.2) is 0 Å². The maximum Gasteiger partial charge on any atom is 0.246 e. The summed E-state index contributed by atoms with van der Waals surface area (Å²) in [5.41, 5.74) is 0.913. The number of fused-ring (bicyclic) bond motifs is 1. The number of nitrogens with zero attached hydrogens (tertiary/aromatic N) is 1. The first-order valence-electron chi connectivity index (χ1n) is 14.2. The molecule has 3 aliphatic heterocycles. The van der Waals surface area contributed by atoms with Gasteiger partial charge in [-0.2, -0.15) is 0 Å². The van der Waals surface area contributed by atoms with Crippen LogP contribution in [-0.2, 0) is 19.1 Å². The van der Waals surface area contributed by atoms with Crippen LogP contribution >= 0.6 is 15.9 Å². The summed E-state index contributed by atoms with van der Waals surface area (Å²) in [6.07, 6.45) is 16.1. The number of hydrogen-bond acceptors (Lipinski definition) is 4. The molecule has 2 saturated heterocycles. The normalized spacial score (nSPS) is 32.3. The molecule has 7 nitrogen and oxygen atoms in total. The number of carbonyl (C=O) groups is 3. The number of nitrogens with one attached hydrogen (secondary N) is 2. The van der Waals surface area contributed by atoms with Crippen molar-refractivity contribution in [3.63, 3.8) is 0 Å². The van der Waals surface area contributed by atoms with Crippen LogP contribution in [0.15, 0.2) is 52.5 Å². The number of hydrogen-bond donors (Lipinski definition) is 2. The lowest BCUT2D eigenvalue weighted by atomic mass is 9.74. The zero-order valence-corrected chi connectivity index (χ0v) is 23.3. The summed E-state index contributed by atoms with van der Waals surface area (Å²) in [6.45, 7) is 0.467. The smallest absolute Gasteiger partial charge is 0.246 e. The van der Waals surface area contributed by atoms with E-state index in [9.17, 15) is 14.4 Å². The van der Waals surface area contributed by atoms with Crippen molar-refractivity contribution in [2.24, 2.45) is 11.8 Å². The molecule has 1 aromatic rings. The fraction of sp³-hybridized carbons (Fsp3) is 0.567. The van der Waals surface area contributed by atoms with Crippen LogP contribution in [0.3, 0.4) is 0 Å². The number of halogens is 1. The van der Waals surface area contributed by atoms with Crippen molar-refractivity contribution in [3.8, 4) is 0 Å². The number of anilines is 1. The third-order valence-electron chi connectivity index (χ3n) is 9.05. The molecule has 5 atom stereocenters. The molecule has 1 aromatic carbocycles. The first-order valence-corrected chi connectivity index (χ1v) is 15.0. The van der Waals surface area contributed by atoms with E-state index in [4.69, 9.17) is 4.74 Å². The topological polar surface area (TPSA) is 87.7 Å². The highest BCUT2D eigenvalue weighted by Gasteiger charge is 2.72. The van der Waals surface area contributed by atoms with Gasteiger partial charge < -0.3 is 20.3 Å². The molecule has 5 aliphatic rings. The first-order chi connectivity index (χ1) is 18.5. The Morgan fingerprint density at radius 3 is 2.58 bits per heavy atom. The van der Waals surface area contributed by atoms with Gasteiger partial charge in [0.2, 0.25) is 17.7 Å². The van der Waals surface area contributed by atoms with E-state index in [0.29, 0.717) is 12.2 Å². The second-order valence-corrected chi connectivity index (χ2v) is 12.3. The Morgan fingerprint density at radius 2 is 1.84 bits per heavy atom. The summed E-state index contributed by atoms with van der Waals surface area (Å²) in [6, 6.07) is 6.73. The van der Waals surface area contributed by atoms with Gasteiger partial charge in [0, 0.05) is 22.7 Å². The molecule has 3 fully saturated rings. The highest BCUT2D eigenvalue weighted by Crippen LogP contribution is 2.55. The molecular formula is C30H36BrN3O4. The molecule has 3 amide bonds. The Bertz CT molecular complexity index is 1160. The first kappa shape index (κ1) is 25.8. The van der Waals surface area contributed by atoms with Crippen molar-refractivity contribution in [1.82, 2.24) is 10.2 Å². The lowest BCUT2D eigenvalue weighted by Crippen LogP contribution is -2.56. The molecule has 2 aliphatic carbocycles. The van der Waals surface area contributed by atoms with Crippen LogP contribution in [0.4, 0.5) is 5.69 Å². The highest BCUT2D eigenvalue weighted by molar-refractivity contribution is 9.10. The SMILES string of the molecule is O=C(Nc1ccc(Br)cc1)C1[C@@H]2C=CC3(O2)C(C(=O)NC2CCCCC2)N(CCC2=CCCCC2)C(=O)[C@H]13. The largest absolute Gasteiger partial charge is 0.359 e. The van der Waals surface area contributed by atoms with Gasteiger partial charge in [-0.05, 0) is 69.2 Å². The average molecular weight is 583 g/mol. The number of ether oxygens (including phenoxy) is 1. The van der Waals surface area contributed by atoms with Gasteiger partial charge in [-0.15, -0.1) is 0 Å². The molecule has 2 bridgehead atoms. The summed E-state index contributed by atoms with van der Waals surface area (Å²) in [5, 5.41) is 6.24. The maximum absolute atomic E-state index is 14.1. The number of benzene rings is 1. The van der Waals surface area contributed by atoms with Gasteiger partial charge in [0.1, 0.15) is 11.6 Å². The van der Waals surface area contributed by atoms with Crippen LogP contribution in [0.25, 0.3) is 0 Å². The number of amides is 3. The predicted octanol–water partition coefficient (Wildman–Crippen LogP) is 4.88. The lowest BCUT2D eigenvalue weighted by molar-refractivity contribution is -0.141. The summed E-state index contributed by atoms with van der Waals surface area (Å²) in [7, 11) is 0. The molecule has 0 aromatic heterocycles. The predicted molar refractivity (Wildman–Crippen MR) is 148 cm³/mol. The molecule has 0 radical (unpaired) electrons. The summed E-state index contributed by atoms with van der Waals surface area (Å²) >= 11 is 3.42. The van der Waals surface area contributed by atoms with Crippen LogP contribution in [0.1, 0.15) is 64.2 Å². The van der Waals surface area contributed by atoms with Crippen molar-refractivity contribution >= 4 is 39.3 Å². The van der Waals surface area contributed by atoms with Gasteiger partial charge in [0.05, 0.1) is 17.9 Å². The van der Waals surface area contributed by atoms with Crippen molar-refractivity contribution in [1.29, 1.82) is 0 Å². The van der Waals surface area contributed by atoms with Gasteiger partial charge in [0.25, 0.3) is 0 Å². The molecule has 2 N–H and O–H groups in total. The van der Waals surface area contributed by atoms with E-state index in [2.05, 4.69) is 32.6 Å². The molecule has 6 rings (SSSR count). The number of rotatable bonds is 7. The van der Waals surface area contributed by atoms with Crippen LogP contribution in [0.2, 0.25) is 0 Å². The van der Waals surface area contributed by atoms with E-state index >= 15 is 0 Å². The van der Waals surface area contributed by atoms with Crippen molar-refractivity contribution in [3.05, 3.63) is 52.5 Å².